The summed E-state index contributed by atoms with van der Waals surface area (Å²) >= 11 is 0. The van der Waals surface area contributed by atoms with Crippen molar-refractivity contribution in [3.8, 4) is 17.2 Å². The van der Waals surface area contributed by atoms with Gasteiger partial charge in [-0.3, -0.25) is 4.98 Å². The number of anilines is 1. The van der Waals surface area contributed by atoms with Crippen molar-refractivity contribution in [1.82, 2.24) is 4.98 Å². The Hall–Kier alpha value is -2.23. The van der Waals surface area contributed by atoms with E-state index in [1.165, 1.54) is 0 Å². The Morgan fingerprint density at radius 1 is 1.16 bits per heavy atom. The van der Waals surface area contributed by atoms with Crippen LogP contribution in [0.3, 0.4) is 0 Å². The third-order valence-corrected chi connectivity index (χ3v) is 2.57. The zero-order valence-corrected chi connectivity index (χ0v) is 11.2. The van der Waals surface area contributed by atoms with Crippen LogP contribution in [0.1, 0.15) is 19.0 Å². The van der Waals surface area contributed by atoms with E-state index in [1.807, 2.05) is 25.1 Å². The fraction of sp³-hybridized carbons (Fsp3) is 0.267. The topological polar surface area (TPSA) is 57.4 Å². The minimum Gasteiger partial charge on any atom is -0.491 e. The fourth-order valence-corrected chi connectivity index (χ4v) is 1.57. The molecule has 0 saturated carbocycles. The van der Waals surface area contributed by atoms with Gasteiger partial charge in [0, 0.05) is 11.8 Å². The van der Waals surface area contributed by atoms with Crippen molar-refractivity contribution in [2.45, 2.75) is 20.3 Å². The smallest absolute Gasteiger partial charge is 0.145 e. The number of aromatic nitrogens is 1. The van der Waals surface area contributed by atoms with Gasteiger partial charge in [-0.1, -0.05) is 6.92 Å². The van der Waals surface area contributed by atoms with Crippen molar-refractivity contribution < 1.29 is 9.47 Å². The maximum absolute atomic E-state index is 5.85. The number of nitrogen functional groups attached to an aromatic ring is 1. The molecule has 100 valence electrons. The van der Waals surface area contributed by atoms with Gasteiger partial charge in [0.25, 0.3) is 0 Å². The number of aryl methyl sites for hydroxylation is 1. The summed E-state index contributed by atoms with van der Waals surface area (Å²) in [6.45, 7) is 4.62. The third-order valence-electron chi connectivity index (χ3n) is 2.57. The van der Waals surface area contributed by atoms with Crippen molar-refractivity contribution in [3.63, 3.8) is 0 Å². The Bertz CT molecular complexity index is 538. The van der Waals surface area contributed by atoms with Crippen molar-refractivity contribution in [2.75, 3.05) is 12.3 Å². The van der Waals surface area contributed by atoms with Gasteiger partial charge in [0.2, 0.25) is 0 Å². The summed E-state index contributed by atoms with van der Waals surface area (Å²) in [6, 6.07) is 9.17. The SMILES string of the molecule is CCCOc1cc(Oc2ccc(C)nc2)ccc1N. The Balaban J connectivity index is 2.14. The number of nitrogens with two attached hydrogens (primary N) is 1. The van der Waals surface area contributed by atoms with Crippen LogP contribution in [0.25, 0.3) is 0 Å². The monoisotopic (exact) mass is 258 g/mol. The average Bonchev–Trinajstić information content (AvgIpc) is 2.42. The summed E-state index contributed by atoms with van der Waals surface area (Å²) in [5, 5.41) is 0. The van der Waals surface area contributed by atoms with Crippen LogP contribution in [0.5, 0.6) is 17.2 Å². The van der Waals surface area contributed by atoms with Crippen LogP contribution in [-0.2, 0) is 0 Å². The van der Waals surface area contributed by atoms with E-state index in [0.717, 1.165) is 12.1 Å². The minimum atomic E-state index is 0.614. The minimum absolute atomic E-state index is 0.614. The maximum Gasteiger partial charge on any atom is 0.145 e. The summed E-state index contributed by atoms with van der Waals surface area (Å²) in [6.07, 6.45) is 2.63. The van der Waals surface area contributed by atoms with E-state index in [1.54, 1.807) is 18.3 Å². The molecule has 1 aromatic heterocycles. The van der Waals surface area contributed by atoms with E-state index in [0.29, 0.717) is 29.5 Å². The second-order valence-corrected chi connectivity index (χ2v) is 4.29. The molecule has 2 rings (SSSR count). The maximum atomic E-state index is 5.85. The molecule has 0 amide bonds. The van der Waals surface area contributed by atoms with Crippen LogP contribution >= 0.6 is 0 Å². The van der Waals surface area contributed by atoms with E-state index < -0.39 is 0 Å². The number of pyridine rings is 1. The summed E-state index contributed by atoms with van der Waals surface area (Å²) in [4.78, 5) is 4.18. The highest BCUT2D eigenvalue weighted by molar-refractivity contribution is 5.56. The van der Waals surface area contributed by atoms with E-state index in [4.69, 9.17) is 15.2 Å². The van der Waals surface area contributed by atoms with Crippen LogP contribution in [0.2, 0.25) is 0 Å². The highest BCUT2D eigenvalue weighted by Gasteiger charge is 2.04. The van der Waals surface area contributed by atoms with E-state index in [9.17, 15) is 0 Å². The van der Waals surface area contributed by atoms with Crippen molar-refractivity contribution >= 4 is 5.69 Å². The Labute approximate surface area is 113 Å². The van der Waals surface area contributed by atoms with E-state index >= 15 is 0 Å². The Morgan fingerprint density at radius 2 is 1.95 bits per heavy atom. The van der Waals surface area contributed by atoms with Gasteiger partial charge in [-0.15, -0.1) is 0 Å². The number of hydrogen-bond donors (Lipinski definition) is 1. The number of rotatable bonds is 5. The number of hydrogen-bond acceptors (Lipinski definition) is 4. The molecule has 0 aliphatic heterocycles. The first-order valence-electron chi connectivity index (χ1n) is 6.32. The summed E-state index contributed by atoms with van der Waals surface area (Å²) < 4.78 is 11.3. The van der Waals surface area contributed by atoms with Crippen LogP contribution in [0.4, 0.5) is 5.69 Å². The lowest BCUT2D eigenvalue weighted by atomic mass is 10.3. The first-order chi connectivity index (χ1) is 9.19. The van der Waals surface area contributed by atoms with Gasteiger partial charge in [0.05, 0.1) is 18.5 Å². The van der Waals surface area contributed by atoms with Crippen molar-refractivity contribution in [3.05, 3.63) is 42.2 Å². The lowest BCUT2D eigenvalue weighted by Gasteiger charge is -2.11. The molecule has 0 unspecified atom stereocenters. The first-order valence-corrected chi connectivity index (χ1v) is 6.32. The highest BCUT2D eigenvalue weighted by atomic mass is 16.5. The molecule has 2 aromatic rings. The van der Waals surface area contributed by atoms with Crippen LogP contribution < -0.4 is 15.2 Å². The first kappa shape index (κ1) is 13.2. The van der Waals surface area contributed by atoms with Gasteiger partial charge in [-0.2, -0.15) is 0 Å². The molecule has 0 atom stereocenters. The largest absolute Gasteiger partial charge is 0.491 e. The van der Waals surface area contributed by atoms with Crippen LogP contribution in [0.15, 0.2) is 36.5 Å². The van der Waals surface area contributed by atoms with Crippen LogP contribution in [0, 0.1) is 6.92 Å². The molecule has 19 heavy (non-hydrogen) atoms. The second-order valence-electron chi connectivity index (χ2n) is 4.29. The summed E-state index contributed by atoms with van der Waals surface area (Å²) in [5.41, 5.74) is 7.42. The summed E-state index contributed by atoms with van der Waals surface area (Å²) in [7, 11) is 0. The highest BCUT2D eigenvalue weighted by Crippen LogP contribution is 2.29. The number of benzene rings is 1. The summed E-state index contributed by atoms with van der Waals surface area (Å²) in [5.74, 6) is 2.03. The lowest BCUT2D eigenvalue weighted by Crippen LogP contribution is -1.99. The van der Waals surface area contributed by atoms with Crippen LogP contribution in [-0.4, -0.2) is 11.6 Å². The Kier molecular flexibility index (Phi) is 4.23. The quantitative estimate of drug-likeness (QED) is 0.833. The number of nitrogens with zero attached hydrogens (tertiary/aromatic N) is 1. The van der Waals surface area contributed by atoms with Gasteiger partial charge in [0.15, 0.2) is 0 Å². The predicted octanol–water partition coefficient (Wildman–Crippen LogP) is 3.55. The zero-order valence-electron chi connectivity index (χ0n) is 11.2. The van der Waals surface area contributed by atoms with E-state index in [-0.39, 0.29) is 0 Å². The third kappa shape index (κ3) is 3.61. The molecule has 4 nitrogen and oxygen atoms in total. The van der Waals surface area contributed by atoms with Gasteiger partial charge < -0.3 is 15.2 Å². The molecule has 0 fully saturated rings. The average molecular weight is 258 g/mol. The second kappa shape index (κ2) is 6.09. The van der Waals surface area contributed by atoms with E-state index in [2.05, 4.69) is 11.9 Å². The van der Waals surface area contributed by atoms with Gasteiger partial charge in [-0.05, 0) is 37.6 Å². The molecule has 4 heteroatoms. The van der Waals surface area contributed by atoms with Gasteiger partial charge >= 0.3 is 0 Å². The molecule has 0 aliphatic rings. The molecule has 0 saturated heterocycles. The zero-order chi connectivity index (χ0) is 13.7. The Morgan fingerprint density at radius 3 is 2.63 bits per heavy atom. The molecular formula is C15H18N2O2. The molecule has 1 aromatic carbocycles. The van der Waals surface area contributed by atoms with Crippen molar-refractivity contribution in [1.29, 1.82) is 0 Å². The molecule has 1 heterocycles. The fourth-order valence-electron chi connectivity index (χ4n) is 1.57. The van der Waals surface area contributed by atoms with Gasteiger partial charge in [-0.25, -0.2) is 0 Å². The molecule has 0 spiro atoms. The molecule has 2 N–H and O–H groups in total. The normalized spacial score (nSPS) is 10.2. The lowest BCUT2D eigenvalue weighted by molar-refractivity contribution is 0.317. The molecule has 0 radical (unpaired) electrons. The number of ether oxygens (including phenoxy) is 2. The predicted molar refractivity (Wildman–Crippen MR) is 75.7 cm³/mol. The van der Waals surface area contributed by atoms with Gasteiger partial charge in [0.1, 0.15) is 17.2 Å². The molecule has 0 bridgehead atoms. The molecule has 0 aliphatic carbocycles. The van der Waals surface area contributed by atoms with Crippen molar-refractivity contribution in [2.24, 2.45) is 0 Å². The molecular weight excluding hydrogens is 240 g/mol. The standard InChI is InChI=1S/C15H18N2O2/c1-3-8-18-15-9-12(6-7-14(15)16)19-13-5-4-11(2)17-10-13/h4-7,9-10H,3,8,16H2,1-2H3.